The smallest absolute Gasteiger partial charge is 0.191 e. The summed E-state index contributed by atoms with van der Waals surface area (Å²) >= 11 is 0. The molecule has 1 aliphatic rings. The van der Waals surface area contributed by atoms with Gasteiger partial charge in [-0.3, -0.25) is 4.90 Å². The molecule has 0 bridgehead atoms. The van der Waals surface area contributed by atoms with E-state index in [4.69, 9.17) is 18.9 Å². The van der Waals surface area contributed by atoms with Gasteiger partial charge in [0.15, 0.2) is 17.5 Å². The lowest BCUT2D eigenvalue weighted by atomic mass is 10.2. The van der Waals surface area contributed by atoms with Crippen LogP contribution in [0.1, 0.15) is 44.1 Å². The molecular weight excluding hydrogens is 507 g/mol. The van der Waals surface area contributed by atoms with Gasteiger partial charge in [-0.2, -0.15) is 0 Å². The highest BCUT2D eigenvalue weighted by Crippen LogP contribution is 2.28. The monoisotopic (exact) mass is 542 g/mol. The van der Waals surface area contributed by atoms with E-state index in [9.17, 15) is 0 Å². The Morgan fingerprint density at radius 1 is 1.16 bits per heavy atom. The quantitative estimate of drug-likeness (QED) is 0.267. The van der Waals surface area contributed by atoms with Gasteiger partial charge in [0.1, 0.15) is 5.76 Å². The molecule has 1 saturated heterocycles. The minimum Gasteiger partial charge on any atom is -0.493 e. The molecule has 8 heteroatoms. The number of nitrogens with one attached hydrogen (secondary N) is 2. The highest BCUT2D eigenvalue weighted by Gasteiger charge is 2.25. The molecule has 1 aromatic carbocycles. The molecular formula is C23H35IN4O3. The fraction of sp³-hybridized carbons (Fsp3) is 0.522. The van der Waals surface area contributed by atoms with Gasteiger partial charge in [-0.25, -0.2) is 4.99 Å². The van der Waals surface area contributed by atoms with E-state index < -0.39 is 0 Å². The molecule has 7 nitrogen and oxygen atoms in total. The van der Waals surface area contributed by atoms with Gasteiger partial charge in [-0.05, 0) is 69.6 Å². The fourth-order valence-electron chi connectivity index (χ4n) is 3.74. The van der Waals surface area contributed by atoms with Crippen molar-refractivity contribution in [2.45, 2.75) is 39.3 Å². The first-order valence-electron chi connectivity index (χ1n) is 10.8. The second kappa shape index (κ2) is 13.5. The number of aliphatic imine (C=N–C) groups is 1. The second-order valence-electron chi connectivity index (χ2n) is 7.27. The Hall–Kier alpha value is -1.94. The van der Waals surface area contributed by atoms with E-state index in [1.807, 2.05) is 31.2 Å². The van der Waals surface area contributed by atoms with E-state index >= 15 is 0 Å². The van der Waals surface area contributed by atoms with E-state index in [0.29, 0.717) is 13.2 Å². The van der Waals surface area contributed by atoms with Gasteiger partial charge in [0.05, 0.1) is 32.6 Å². The van der Waals surface area contributed by atoms with Gasteiger partial charge in [0.25, 0.3) is 0 Å². The molecule has 2 aromatic rings. The van der Waals surface area contributed by atoms with Crippen LogP contribution in [0.25, 0.3) is 0 Å². The van der Waals surface area contributed by atoms with E-state index in [1.54, 1.807) is 13.4 Å². The summed E-state index contributed by atoms with van der Waals surface area (Å²) in [6.07, 6.45) is 4.23. The van der Waals surface area contributed by atoms with Crippen molar-refractivity contribution in [2.24, 2.45) is 4.99 Å². The molecule has 3 rings (SSSR count). The molecule has 0 spiro atoms. The van der Waals surface area contributed by atoms with Crippen LogP contribution in [-0.4, -0.2) is 50.8 Å². The molecule has 0 saturated carbocycles. The molecule has 1 atom stereocenters. The number of benzene rings is 1. The topological polar surface area (TPSA) is 71.3 Å². The average Bonchev–Trinajstić information content (AvgIpc) is 3.47. The average molecular weight is 542 g/mol. The first-order valence-corrected chi connectivity index (χ1v) is 10.8. The summed E-state index contributed by atoms with van der Waals surface area (Å²) < 4.78 is 16.8. The van der Waals surface area contributed by atoms with Crippen LogP contribution < -0.4 is 20.1 Å². The number of nitrogens with zero attached hydrogens (tertiary/aromatic N) is 2. The molecule has 2 N–H and O–H groups in total. The maximum Gasteiger partial charge on any atom is 0.191 e. The molecule has 31 heavy (non-hydrogen) atoms. The van der Waals surface area contributed by atoms with Crippen LogP contribution in [0.4, 0.5) is 0 Å². The Bertz CT molecular complexity index is 792. The van der Waals surface area contributed by atoms with Crippen molar-refractivity contribution in [3.8, 4) is 11.5 Å². The Labute approximate surface area is 202 Å². The van der Waals surface area contributed by atoms with Crippen LogP contribution in [-0.2, 0) is 6.54 Å². The third kappa shape index (κ3) is 7.31. The van der Waals surface area contributed by atoms with Crippen molar-refractivity contribution in [2.75, 3.05) is 39.9 Å². The number of hydrogen-bond acceptors (Lipinski definition) is 5. The molecule has 0 radical (unpaired) electrons. The molecule has 2 heterocycles. The molecule has 1 unspecified atom stereocenters. The Kier molecular flexibility index (Phi) is 11.0. The van der Waals surface area contributed by atoms with Crippen LogP contribution in [0.3, 0.4) is 0 Å². The summed E-state index contributed by atoms with van der Waals surface area (Å²) in [5.41, 5.74) is 1.07. The largest absolute Gasteiger partial charge is 0.493 e. The Morgan fingerprint density at radius 3 is 2.61 bits per heavy atom. The highest BCUT2D eigenvalue weighted by molar-refractivity contribution is 14.0. The van der Waals surface area contributed by atoms with Crippen LogP contribution in [0.15, 0.2) is 46.0 Å². The van der Waals surface area contributed by atoms with Gasteiger partial charge in [-0.15, -0.1) is 24.0 Å². The van der Waals surface area contributed by atoms with E-state index in [2.05, 4.69) is 28.5 Å². The molecule has 0 aliphatic carbocycles. The standard InChI is InChI=1S/C23H34N4O3.HI/c1-4-24-23(25-16-18-10-11-21(28-3)22(15-18)29-5-2)26-17-19(20-9-8-14-30-20)27-12-6-7-13-27;/h8-11,14-15,19H,4-7,12-13,16-17H2,1-3H3,(H2,24,25,26);1H. The summed E-state index contributed by atoms with van der Waals surface area (Å²) in [6, 6.07) is 10.2. The maximum absolute atomic E-state index is 5.72. The molecule has 172 valence electrons. The third-order valence-electron chi connectivity index (χ3n) is 5.21. The van der Waals surface area contributed by atoms with Crippen LogP contribution in [0.2, 0.25) is 0 Å². The summed E-state index contributed by atoms with van der Waals surface area (Å²) in [6.45, 7) is 8.93. The zero-order valence-electron chi connectivity index (χ0n) is 18.7. The van der Waals surface area contributed by atoms with Gasteiger partial charge in [0.2, 0.25) is 0 Å². The van der Waals surface area contributed by atoms with Crippen LogP contribution >= 0.6 is 24.0 Å². The lowest BCUT2D eigenvalue weighted by Crippen LogP contribution is -2.42. The SMILES string of the molecule is CCNC(=NCc1ccc(OC)c(OCC)c1)NCC(c1ccco1)N1CCCC1.I. The lowest BCUT2D eigenvalue weighted by Gasteiger charge is -2.26. The Morgan fingerprint density at radius 2 is 1.97 bits per heavy atom. The first kappa shape index (κ1) is 25.3. The van der Waals surface area contributed by atoms with Gasteiger partial charge in [-0.1, -0.05) is 6.07 Å². The zero-order valence-corrected chi connectivity index (χ0v) is 21.1. The molecule has 0 amide bonds. The van der Waals surface area contributed by atoms with E-state index in [0.717, 1.165) is 55.0 Å². The van der Waals surface area contributed by atoms with Crippen molar-refractivity contribution < 1.29 is 13.9 Å². The van der Waals surface area contributed by atoms with Gasteiger partial charge < -0.3 is 24.5 Å². The lowest BCUT2D eigenvalue weighted by molar-refractivity contribution is 0.215. The fourth-order valence-corrected chi connectivity index (χ4v) is 3.74. The molecule has 1 aliphatic heterocycles. The molecule has 1 fully saturated rings. The van der Waals surface area contributed by atoms with Gasteiger partial charge in [0, 0.05) is 13.1 Å². The molecule has 1 aromatic heterocycles. The van der Waals surface area contributed by atoms with Gasteiger partial charge >= 0.3 is 0 Å². The highest BCUT2D eigenvalue weighted by atomic mass is 127. The summed E-state index contributed by atoms with van der Waals surface area (Å²) in [7, 11) is 1.65. The number of rotatable bonds is 10. The first-order chi connectivity index (χ1) is 14.7. The number of guanidine groups is 1. The number of furan rings is 1. The number of hydrogen-bond donors (Lipinski definition) is 2. The normalized spacial score (nSPS) is 15.3. The van der Waals surface area contributed by atoms with Crippen molar-refractivity contribution in [3.05, 3.63) is 47.9 Å². The van der Waals surface area contributed by atoms with Crippen molar-refractivity contribution in [3.63, 3.8) is 0 Å². The van der Waals surface area contributed by atoms with E-state index in [1.165, 1.54) is 12.8 Å². The number of methoxy groups -OCH3 is 1. The van der Waals surface area contributed by atoms with Crippen molar-refractivity contribution in [1.29, 1.82) is 0 Å². The zero-order chi connectivity index (χ0) is 21.2. The number of ether oxygens (including phenoxy) is 2. The maximum atomic E-state index is 5.72. The number of likely N-dealkylation sites (tertiary alicyclic amines) is 1. The van der Waals surface area contributed by atoms with Crippen LogP contribution in [0.5, 0.6) is 11.5 Å². The minimum absolute atomic E-state index is 0. The second-order valence-corrected chi connectivity index (χ2v) is 7.27. The Balaban J connectivity index is 0.00000341. The minimum atomic E-state index is 0. The van der Waals surface area contributed by atoms with Crippen molar-refractivity contribution >= 4 is 29.9 Å². The van der Waals surface area contributed by atoms with Crippen LogP contribution in [0, 0.1) is 0 Å². The summed E-state index contributed by atoms with van der Waals surface area (Å²) in [5.74, 6) is 3.28. The van der Waals surface area contributed by atoms with Crippen molar-refractivity contribution in [1.82, 2.24) is 15.5 Å². The predicted octanol–water partition coefficient (Wildman–Crippen LogP) is 4.20. The van der Waals surface area contributed by atoms with E-state index in [-0.39, 0.29) is 30.0 Å². The summed E-state index contributed by atoms with van der Waals surface area (Å²) in [5, 5.41) is 6.84. The third-order valence-corrected chi connectivity index (χ3v) is 5.21. The predicted molar refractivity (Wildman–Crippen MR) is 135 cm³/mol. The summed E-state index contributed by atoms with van der Waals surface area (Å²) in [4.78, 5) is 7.25. The number of halogens is 1.